The zero-order valence-electron chi connectivity index (χ0n) is 17.9. The quantitative estimate of drug-likeness (QED) is 0.273. The van der Waals surface area contributed by atoms with Gasteiger partial charge >= 0.3 is 6.71 Å². The third-order valence-electron chi connectivity index (χ3n) is 7.47. The molecule has 0 N–H and O–H groups in total. The van der Waals surface area contributed by atoms with Crippen LogP contribution in [0.3, 0.4) is 0 Å². The van der Waals surface area contributed by atoms with Crippen molar-refractivity contribution in [1.29, 1.82) is 0 Å². The van der Waals surface area contributed by atoms with Crippen LogP contribution in [-0.2, 0) is 26.9 Å². The zero-order chi connectivity index (χ0) is 20.7. The van der Waals surface area contributed by atoms with Gasteiger partial charge in [0.1, 0.15) is 14.1 Å². The van der Waals surface area contributed by atoms with Crippen LogP contribution in [0.5, 0.6) is 0 Å². The number of benzene rings is 3. The molecule has 0 aliphatic carbocycles. The molecular weight excluding hydrogens is 375 g/mol. The fourth-order valence-corrected chi connectivity index (χ4v) is 6.28. The molecule has 5 aromatic rings. The average Bonchev–Trinajstić information content (AvgIpc) is 2.79. The molecule has 0 saturated carbocycles. The van der Waals surface area contributed by atoms with Crippen LogP contribution in [0, 0.1) is 0 Å². The lowest BCUT2D eigenvalue weighted by molar-refractivity contribution is -0.657. The van der Waals surface area contributed by atoms with Crippen LogP contribution < -0.4 is 25.8 Å². The minimum absolute atomic E-state index is 0.267. The topological polar surface area (TPSA) is 7.76 Å². The Morgan fingerprint density at radius 3 is 1.61 bits per heavy atom. The monoisotopic (exact) mass is 398 g/mol. The Kier molecular flexibility index (Phi) is 3.36. The van der Waals surface area contributed by atoms with Gasteiger partial charge in [-0.2, -0.15) is 0 Å². The number of fused-ring (bicyclic) bond motifs is 8. The maximum atomic E-state index is 2.40. The smallest absolute Gasteiger partial charge is 0.212 e. The maximum absolute atomic E-state index is 2.40. The summed E-state index contributed by atoms with van der Waals surface area (Å²) < 4.78 is 4.79. The van der Waals surface area contributed by atoms with E-state index in [1.807, 2.05) is 0 Å². The number of nitrogens with zero attached hydrogens (tertiary/aromatic N) is 2. The van der Waals surface area contributed by atoms with Crippen molar-refractivity contribution in [1.82, 2.24) is 0 Å². The Hall–Kier alpha value is -3.46. The molecule has 0 unspecified atom stereocenters. The Bertz CT molecular complexity index is 1450. The van der Waals surface area contributed by atoms with Gasteiger partial charge in [-0.25, -0.2) is 9.13 Å². The van der Waals surface area contributed by atoms with Crippen LogP contribution in [0.15, 0.2) is 79.1 Å². The largest absolute Gasteiger partial charge is 0.407 e. The zero-order valence-corrected chi connectivity index (χ0v) is 17.9. The van der Waals surface area contributed by atoms with Crippen LogP contribution in [0.25, 0.3) is 21.5 Å². The van der Waals surface area contributed by atoms with Crippen molar-refractivity contribution in [3.63, 3.8) is 0 Å². The number of aryl methyl sites for hydroxylation is 2. The second kappa shape index (κ2) is 6.04. The summed E-state index contributed by atoms with van der Waals surface area (Å²) in [5.74, 6) is 0. The summed E-state index contributed by atoms with van der Waals surface area (Å²) in [5, 5.41) is 5.42. The highest BCUT2D eigenvalue weighted by molar-refractivity contribution is 6.95. The fraction of sp³-hybridized carbons (Fsp3) is 0.143. The van der Waals surface area contributed by atoms with E-state index >= 15 is 0 Å². The van der Waals surface area contributed by atoms with Gasteiger partial charge in [-0.05, 0) is 39.5 Å². The molecular formula is C28H23BN2+2. The van der Waals surface area contributed by atoms with E-state index in [1.165, 1.54) is 55.0 Å². The first-order chi connectivity index (χ1) is 15.2. The van der Waals surface area contributed by atoms with Gasteiger partial charge in [0, 0.05) is 34.7 Å². The third-order valence-corrected chi connectivity index (χ3v) is 7.47. The SMILES string of the molecule is C[n+]1cc2ccccc2c2c1B1c3c(cccc3Cc3c1[n+](C)cc1ccccc31)C2. The highest BCUT2D eigenvalue weighted by atomic mass is 14.9. The third kappa shape index (κ3) is 2.24. The number of hydrogen-bond donors (Lipinski definition) is 0. The summed E-state index contributed by atoms with van der Waals surface area (Å²) in [6, 6.07) is 24.7. The van der Waals surface area contributed by atoms with Crippen molar-refractivity contribution in [2.24, 2.45) is 14.1 Å². The highest BCUT2D eigenvalue weighted by Gasteiger charge is 2.49. The first-order valence-electron chi connectivity index (χ1n) is 11.1. The molecule has 2 nitrogen and oxygen atoms in total. The highest BCUT2D eigenvalue weighted by Crippen LogP contribution is 2.27. The Morgan fingerprint density at radius 2 is 1.10 bits per heavy atom. The van der Waals surface area contributed by atoms with Crippen LogP contribution in [0.1, 0.15) is 22.3 Å². The van der Waals surface area contributed by atoms with Gasteiger partial charge in [0.2, 0.25) is 0 Å². The minimum Gasteiger partial charge on any atom is -0.212 e. The molecule has 0 fully saturated rings. The first kappa shape index (κ1) is 17.2. The van der Waals surface area contributed by atoms with Crippen LogP contribution in [-0.4, -0.2) is 6.71 Å². The molecule has 7 rings (SSSR count). The molecule has 0 amide bonds. The summed E-state index contributed by atoms with van der Waals surface area (Å²) >= 11 is 0. The molecule has 31 heavy (non-hydrogen) atoms. The number of rotatable bonds is 0. The van der Waals surface area contributed by atoms with Crippen molar-refractivity contribution in [3.05, 3.63) is 101 Å². The lowest BCUT2D eigenvalue weighted by atomic mass is 9.33. The van der Waals surface area contributed by atoms with Crippen molar-refractivity contribution in [2.75, 3.05) is 0 Å². The first-order valence-corrected chi connectivity index (χ1v) is 11.1. The summed E-state index contributed by atoms with van der Waals surface area (Å²) in [5.41, 5.74) is 10.4. The molecule has 0 spiro atoms. The van der Waals surface area contributed by atoms with Crippen LogP contribution >= 0.6 is 0 Å². The standard InChI is InChI=1S/C28H23BN2/c1-30-16-20-8-3-5-12-22(20)24-14-18-10-7-11-19-15-25-23-13-6-4-9-21(23)17-31(2)28(25)29(26(18)19)27(24)30/h3-13,16-17H,14-15H2,1-2H3/q+2. The van der Waals surface area contributed by atoms with Gasteiger partial charge in [-0.3, -0.25) is 0 Å². The van der Waals surface area contributed by atoms with E-state index in [9.17, 15) is 0 Å². The van der Waals surface area contributed by atoms with E-state index in [-0.39, 0.29) is 6.71 Å². The van der Waals surface area contributed by atoms with Gasteiger partial charge in [0.05, 0.1) is 0 Å². The second-order valence-corrected chi connectivity index (χ2v) is 9.16. The van der Waals surface area contributed by atoms with Crippen LogP contribution in [0.4, 0.5) is 0 Å². The van der Waals surface area contributed by atoms with Gasteiger partial charge in [0.15, 0.2) is 23.6 Å². The van der Waals surface area contributed by atoms with E-state index < -0.39 is 0 Å². The second-order valence-electron chi connectivity index (χ2n) is 9.16. The van der Waals surface area contributed by atoms with E-state index in [1.54, 1.807) is 5.46 Å². The van der Waals surface area contributed by atoms with Gasteiger partial charge in [-0.1, -0.05) is 54.6 Å². The molecule has 2 aliphatic rings. The summed E-state index contributed by atoms with van der Waals surface area (Å²) in [6.07, 6.45) is 6.65. The Morgan fingerprint density at radius 1 is 0.613 bits per heavy atom. The maximum Gasteiger partial charge on any atom is 0.407 e. The van der Waals surface area contributed by atoms with Crippen molar-refractivity contribution in [2.45, 2.75) is 12.8 Å². The molecule has 0 saturated heterocycles. The van der Waals surface area contributed by atoms with Gasteiger partial charge < -0.3 is 0 Å². The minimum atomic E-state index is 0.267. The molecule has 2 aliphatic heterocycles. The Balaban J connectivity index is 1.65. The molecule has 0 radical (unpaired) electrons. The molecule has 3 heteroatoms. The number of pyridine rings is 2. The summed E-state index contributed by atoms with van der Waals surface area (Å²) in [7, 11) is 4.46. The van der Waals surface area contributed by atoms with Crippen molar-refractivity contribution < 1.29 is 9.13 Å². The summed E-state index contributed by atoms with van der Waals surface area (Å²) in [6.45, 7) is 0.267. The fourth-order valence-electron chi connectivity index (χ4n) is 6.28. The molecule has 2 aromatic heterocycles. The average molecular weight is 398 g/mol. The normalized spacial score (nSPS) is 13.8. The summed E-state index contributed by atoms with van der Waals surface area (Å²) in [4.78, 5) is 0. The Labute approximate surface area is 182 Å². The number of hydrogen-bond acceptors (Lipinski definition) is 0. The lowest BCUT2D eigenvalue weighted by Gasteiger charge is -2.30. The predicted octanol–water partition coefficient (Wildman–Crippen LogP) is 1.97. The number of aromatic nitrogens is 2. The molecule has 0 atom stereocenters. The van der Waals surface area contributed by atoms with Crippen molar-refractivity contribution >= 4 is 44.9 Å². The van der Waals surface area contributed by atoms with Gasteiger partial charge in [-0.15, -0.1) is 0 Å². The van der Waals surface area contributed by atoms with E-state index in [0.29, 0.717) is 0 Å². The van der Waals surface area contributed by atoms with E-state index in [4.69, 9.17) is 0 Å². The lowest BCUT2D eigenvalue weighted by Crippen LogP contribution is -2.75. The van der Waals surface area contributed by atoms with Gasteiger partial charge in [0.25, 0.3) is 0 Å². The molecule has 0 bridgehead atoms. The van der Waals surface area contributed by atoms with Crippen molar-refractivity contribution in [3.8, 4) is 0 Å². The molecule has 3 aromatic carbocycles. The van der Waals surface area contributed by atoms with E-state index in [0.717, 1.165) is 12.8 Å². The van der Waals surface area contributed by atoms with E-state index in [2.05, 4.69) is 102 Å². The molecule has 146 valence electrons. The van der Waals surface area contributed by atoms with Crippen LogP contribution in [0.2, 0.25) is 0 Å². The predicted molar refractivity (Wildman–Crippen MR) is 127 cm³/mol. The molecule has 4 heterocycles.